The van der Waals surface area contributed by atoms with Gasteiger partial charge in [-0.15, -0.1) is 12.4 Å². The molecule has 2 heterocycles. The number of ether oxygens (including phenoxy) is 1. The van der Waals surface area contributed by atoms with Crippen LogP contribution in [0.5, 0.6) is 5.75 Å². The number of nitrogens with zero attached hydrogens (tertiary/aromatic N) is 1. The molecule has 2 fully saturated rings. The molecule has 2 aliphatic heterocycles. The van der Waals surface area contributed by atoms with Gasteiger partial charge in [0.05, 0.1) is 0 Å². The van der Waals surface area contributed by atoms with Gasteiger partial charge in [-0.1, -0.05) is 30.3 Å². The van der Waals surface area contributed by atoms with Crippen molar-refractivity contribution < 1.29 is 4.74 Å². The van der Waals surface area contributed by atoms with Gasteiger partial charge in [0.1, 0.15) is 12.4 Å². The lowest BCUT2D eigenvalue weighted by Crippen LogP contribution is -2.25. The van der Waals surface area contributed by atoms with E-state index in [1.807, 2.05) is 18.2 Å². The predicted molar refractivity (Wildman–Crippen MR) is 96.5 cm³/mol. The third-order valence-electron chi connectivity index (χ3n) is 4.84. The Balaban J connectivity index is 0.00000156. The first-order chi connectivity index (χ1) is 10.9. The number of nitrogens with one attached hydrogen (secondary N) is 1. The summed E-state index contributed by atoms with van der Waals surface area (Å²) >= 11 is 0. The van der Waals surface area contributed by atoms with Crippen molar-refractivity contribution in [3.63, 3.8) is 0 Å². The summed E-state index contributed by atoms with van der Waals surface area (Å²) in [5.74, 6) is 2.59. The fourth-order valence-corrected chi connectivity index (χ4v) is 3.56. The Bertz CT molecular complexity index is 605. The van der Waals surface area contributed by atoms with Crippen LogP contribution in [0.25, 0.3) is 0 Å². The fraction of sp³-hybridized carbons (Fsp3) is 0.368. The Kier molecular flexibility index (Phi) is 5.09. The summed E-state index contributed by atoms with van der Waals surface area (Å²) in [5, 5.41) is 3.49. The zero-order chi connectivity index (χ0) is 14.8. The van der Waals surface area contributed by atoms with Crippen LogP contribution in [0.2, 0.25) is 0 Å². The van der Waals surface area contributed by atoms with Gasteiger partial charge >= 0.3 is 0 Å². The molecule has 0 amide bonds. The molecular formula is C19H23ClN2O. The van der Waals surface area contributed by atoms with Crippen molar-refractivity contribution in [2.75, 3.05) is 31.1 Å². The van der Waals surface area contributed by atoms with E-state index < -0.39 is 0 Å². The molecule has 2 unspecified atom stereocenters. The normalized spacial score (nSPS) is 22.5. The predicted octanol–water partition coefficient (Wildman–Crippen LogP) is 3.34. The maximum atomic E-state index is 5.86. The third-order valence-corrected chi connectivity index (χ3v) is 4.84. The largest absolute Gasteiger partial charge is 0.489 e. The van der Waals surface area contributed by atoms with Crippen molar-refractivity contribution in [1.29, 1.82) is 0 Å². The molecule has 0 aromatic heterocycles. The van der Waals surface area contributed by atoms with Crippen LogP contribution in [0.1, 0.15) is 5.56 Å². The summed E-state index contributed by atoms with van der Waals surface area (Å²) in [5.41, 5.74) is 2.52. The molecule has 0 spiro atoms. The van der Waals surface area contributed by atoms with Crippen LogP contribution < -0.4 is 15.0 Å². The third kappa shape index (κ3) is 3.62. The summed E-state index contributed by atoms with van der Waals surface area (Å²) < 4.78 is 5.86. The first-order valence-electron chi connectivity index (χ1n) is 8.11. The standard InChI is InChI=1S/C19H22N2O.ClH/c1-2-4-15(5-3-1)14-22-19-8-6-18(7-9-19)21-12-16-10-20-11-17(16)13-21;/h1-9,16-17,20H,10-14H2;1H. The lowest BCUT2D eigenvalue weighted by molar-refractivity contribution is 0.306. The van der Waals surface area contributed by atoms with Crippen molar-refractivity contribution in [3.8, 4) is 5.75 Å². The molecule has 2 atom stereocenters. The molecule has 2 aromatic rings. The Hall–Kier alpha value is -1.71. The topological polar surface area (TPSA) is 24.5 Å². The molecular weight excluding hydrogens is 308 g/mol. The van der Waals surface area contributed by atoms with E-state index in [0.29, 0.717) is 6.61 Å². The maximum Gasteiger partial charge on any atom is 0.119 e. The summed E-state index contributed by atoms with van der Waals surface area (Å²) in [6.45, 7) is 5.35. The zero-order valence-electron chi connectivity index (χ0n) is 13.2. The zero-order valence-corrected chi connectivity index (χ0v) is 14.0. The van der Waals surface area contributed by atoms with E-state index in [0.717, 1.165) is 17.6 Å². The van der Waals surface area contributed by atoms with Gasteiger partial charge < -0.3 is 15.0 Å². The van der Waals surface area contributed by atoms with Crippen LogP contribution >= 0.6 is 12.4 Å². The maximum absolute atomic E-state index is 5.86. The second-order valence-corrected chi connectivity index (χ2v) is 6.35. The van der Waals surface area contributed by atoms with E-state index >= 15 is 0 Å². The average Bonchev–Trinajstić information content (AvgIpc) is 3.16. The molecule has 2 aliphatic rings. The van der Waals surface area contributed by atoms with Gasteiger partial charge in [-0.25, -0.2) is 0 Å². The molecule has 2 saturated heterocycles. The quantitative estimate of drug-likeness (QED) is 0.930. The van der Waals surface area contributed by atoms with E-state index in [2.05, 4.69) is 46.6 Å². The summed E-state index contributed by atoms with van der Waals surface area (Å²) in [6.07, 6.45) is 0. The number of benzene rings is 2. The first kappa shape index (κ1) is 16.2. The Morgan fingerprint density at radius 3 is 2.22 bits per heavy atom. The SMILES string of the molecule is Cl.c1ccc(COc2ccc(N3CC4CNCC4C3)cc2)cc1. The number of hydrogen-bond acceptors (Lipinski definition) is 3. The molecule has 23 heavy (non-hydrogen) atoms. The van der Waals surface area contributed by atoms with Gasteiger partial charge in [0, 0.05) is 31.9 Å². The molecule has 4 rings (SSSR count). The monoisotopic (exact) mass is 330 g/mol. The van der Waals surface area contributed by atoms with Gasteiger partial charge in [-0.3, -0.25) is 0 Å². The molecule has 0 aliphatic carbocycles. The second-order valence-electron chi connectivity index (χ2n) is 6.35. The second kappa shape index (κ2) is 7.24. The van der Waals surface area contributed by atoms with Gasteiger partial charge in [0.25, 0.3) is 0 Å². The highest BCUT2D eigenvalue weighted by Crippen LogP contribution is 2.31. The number of hydrogen-bond donors (Lipinski definition) is 1. The van der Waals surface area contributed by atoms with Crippen molar-refractivity contribution >= 4 is 18.1 Å². The average molecular weight is 331 g/mol. The first-order valence-corrected chi connectivity index (χ1v) is 8.11. The molecule has 3 nitrogen and oxygen atoms in total. The number of anilines is 1. The van der Waals surface area contributed by atoms with E-state index in [4.69, 9.17) is 4.74 Å². The van der Waals surface area contributed by atoms with Gasteiger partial charge in [-0.2, -0.15) is 0 Å². The highest BCUT2D eigenvalue weighted by molar-refractivity contribution is 5.85. The van der Waals surface area contributed by atoms with E-state index in [9.17, 15) is 0 Å². The van der Waals surface area contributed by atoms with E-state index in [1.54, 1.807) is 0 Å². The van der Waals surface area contributed by atoms with E-state index in [-0.39, 0.29) is 12.4 Å². The molecule has 0 saturated carbocycles. The highest BCUT2D eigenvalue weighted by atomic mass is 35.5. The molecule has 1 N–H and O–H groups in total. The minimum atomic E-state index is 0. The Labute approximate surface area is 144 Å². The van der Waals surface area contributed by atoms with Crippen molar-refractivity contribution in [2.24, 2.45) is 11.8 Å². The lowest BCUT2D eigenvalue weighted by atomic mass is 10.0. The smallest absolute Gasteiger partial charge is 0.119 e. The van der Waals surface area contributed by atoms with Crippen molar-refractivity contribution in [3.05, 3.63) is 60.2 Å². The lowest BCUT2D eigenvalue weighted by Gasteiger charge is -2.20. The van der Waals surface area contributed by atoms with Crippen molar-refractivity contribution in [1.82, 2.24) is 5.32 Å². The van der Waals surface area contributed by atoms with E-state index in [1.165, 1.54) is 37.4 Å². The molecule has 0 radical (unpaired) electrons. The number of fused-ring (bicyclic) bond motifs is 1. The molecule has 2 aromatic carbocycles. The molecule has 4 heteroatoms. The molecule has 0 bridgehead atoms. The van der Waals surface area contributed by atoms with Gasteiger partial charge in [-0.05, 0) is 41.7 Å². The Morgan fingerprint density at radius 1 is 0.913 bits per heavy atom. The van der Waals surface area contributed by atoms with Crippen LogP contribution in [0.15, 0.2) is 54.6 Å². The minimum absolute atomic E-state index is 0. The summed E-state index contributed by atoms with van der Waals surface area (Å²) in [7, 11) is 0. The van der Waals surface area contributed by atoms with Crippen LogP contribution in [0.4, 0.5) is 5.69 Å². The van der Waals surface area contributed by atoms with Gasteiger partial charge in [0.2, 0.25) is 0 Å². The highest BCUT2D eigenvalue weighted by Gasteiger charge is 2.35. The summed E-state index contributed by atoms with van der Waals surface area (Å²) in [4.78, 5) is 2.51. The number of halogens is 1. The van der Waals surface area contributed by atoms with Crippen LogP contribution in [0, 0.1) is 11.8 Å². The van der Waals surface area contributed by atoms with Gasteiger partial charge in [0.15, 0.2) is 0 Å². The van der Waals surface area contributed by atoms with Crippen LogP contribution in [-0.4, -0.2) is 26.2 Å². The van der Waals surface area contributed by atoms with Crippen LogP contribution in [-0.2, 0) is 6.61 Å². The Morgan fingerprint density at radius 2 is 1.57 bits per heavy atom. The fourth-order valence-electron chi connectivity index (χ4n) is 3.56. The van der Waals surface area contributed by atoms with Crippen LogP contribution in [0.3, 0.4) is 0 Å². The van der Waals surface area contributed by atoms with Crippen molar-refractivity contribution in [2.45, 2.75) is 6.61 Å². The minimum Gasteiger partial charge on any atom is -0.489 e. The summed E-state index contributed by atoms with van der Waals surface area (Å²) in [6, 6.07) is 18.8. The number of rotatable bonds is 4. The molecule has 122 valence electrons.